The lowest BCUT2D eigenvalue weighted by molar-refractivity contribution is -0.385. The molecule has 1 amide bonds. The molecule has 0 aromatic heterocycles. The van der Waals surface area contributed by atoms with E-state index in [0.717, 1.165) is 6.07 Å². The summed E-state index contributed by atoms with van der Waals surface area (Å²) in [6.45, 7) is 3.04. The molecule has 0 bridgehead atoms. The number of para-hydroxylation sites is 1. The summed E-state index contributed by atoms with van der Waals surface area (Å²) in [7, 11) is 0. The average Bonchev–Trinajstić information content (AvgIpc) is 2.72. The number of fused-ring (bicyclic) bond motifs is 1. The number of carbonyl (C=O) groups is 2. The van der Waals surface area contributed by atoms with Crippen molar-refractivity contribution in [3.8, 4) is 5.75 Å². The van der Waals surface area contributed by atoms with E-state index in [-0.39, 0.29) is 28.2 Å². The van der Waals surface area contributed by atoms with Gasteiger partial charge >= 0.3 is 0 Å². The molecule has 164 valence electrons. The number of nitro benzene ring substituents is 1. The highest BCUT2D eigenvalue weighted by atomic mass is 19.1. The zero-order valence-electron chi connectivity index (χ0n) is 17.1. The number of alkyl halides is 1. The Bertz CT molecular complexity index is 1040. The van der Waals surface area contributed by atoms with Crippen LogP contribution in [0.3, 0.4) is 0 Å². The molecule has 2 atom stereocenters. The second-order valence-electron chi connectivity index (χ2n) is 7.55. The molecule has 0 saturated heterocycles. The molecule has 0 saturated carbocycles. The van der Waals surface area contributed by atoms with Gasteiger partial charge < -0.3 is 9.84 Å². The van der Waals surface area contributed by atoms with Crippen molar-refractivity contribution in [1.29, 1.82) is 0 Å². The van der Waals surface area contributed by atoms with Gasteiger partial charge in [-0.1, -0.05) is 12.1 Å². The first-order valence-electron chi connectivity index (χ1n) is 9.36. The van der Waals surface area contributed by atoms with Crippen LogP contribution in [0.1, 0.15) is 53.1 Å². The zero-order valence-corrected chi connectivity index (χ0v) is 17.1. The van der Waals surface area contributed by atoms with Crippen LogP contribution in [0.15, 0.2) is 42.5 Å². The predicted octanol–water partition coefficient (Wildman–Crippen LogP) is 3.37. The van der Waals surface area contributed by atoms with Gasteiger partial charge in [0.25, 0.3) is 11.6 Å². The highest BCUT2D eigenvalue weighted by Gasteiger charge is 2.48. The summed E-state index contributed by atoms with van der Waals surface area (Å²) in [6, 6.07) is 8.29. The van der Waals surface area contributed by atoms with Gasteiger partial charge in [-0.15, -0.1) is 0 Å². The molecule has 9 nitrogen and oxygen atoms in total. The maximum absolute atomic E-state index is 13.3. The number of hydrogen-bond donors (Lipinski definition) is 1. The van der Waals surface area contributed by atoms with Crippen LogP contribution in [0.2, 0.25) is 0 Å². The Hall–Kier alpha value is -3.37. The summed E-state index contributed by atoms with van der Waals surface area (Å²) >= 11 is 0. The van der Waals surface area contributed by atoms with Crippen molar-refractivity contribution in [1.82, 2.24) is 5.06 Å². The lowest BCUT2D eigenvalue weighted by atomic mass is 9.85. The number of hydroxylamine groups is 2. The number of halogens is 1. The number of nitrogens with zero attached hydrogens (tertiary/aromatic N) is 2. The van der Waals surface area contributed by atoms with Crippen LogP contribution in [-0.2, 0) is 4.84 Å². The van der Waals surface area contributed by atoms with Gasteiger partial charge in [0.15, 0.2) is 5.78 Å². The van der Waals surface area contributed by atoms with Gasteiger partial charge in [-0.25, -0.2) is 14.3 Å². The molecule has 0 fully saturated rings. The van der Waals surface area contributed by atoms with Crippen LogP contribution in [-0.4, -0.2) is 45.3 Å². The third-order valence-electron chi connectivity index (χ3n) is 5.09. The average molecular weight is 432 g/mol. The van der Waals surface area contributed by atoms with Crippen LogP contribution in [0, 0.1) is 10.1 Å². The number of Topliss-reactive ketones (excluding diaryl/α,β-unsaturated/α-hetero) is 1. The van der Waals surface area contributed by atoms with E-state index in [1.807, 2.05) is 0 Å². The smallest absolute Gasteiger partial charge is 0.285 e. The number of benzene rings is 2. The number of hydrogen-bond acceptors (Lipinski definition) is 7. The summed E-state index contributed by atoms with van der Waals surface area (Å²) in [6.07, 6.45) is -1.42. The molecule has 0 spiro atoms. The van der Waals surface area contributed by atoms with Gasteiger partial charge in [-0.05, 0) is 45.0 Å². The zero-order chi connectivity index (χ0) is 22.9. The van der Waals surface area contributed by atoms with Gasteiger partial charge in [0.1, 0.15) is 29.1 Å². The molecule has 2 aromatic carbocycles. The third-order valence-corrected chi connectivity index (χ3v) is 5.09. The summed E-state index contributed by atoms with van der Waals surface area (Å²) in [5, 5.41) is 23.0. The van der Waals surface area contributed by atoms with Crippen molar-refractivity contribution in [3.63, 3.8) is 0 Å². The normalized spacial score (nSPS) is 19.1. The largest absolute Gasteiger partial charge is 0.485 e. The molecular formula is C21H21FN2O7. The summed E-state index contributed by atoms with van der Waals surface area (Å²) in [5.41, 5.74) is -1.59. The number of carbonyl (C=O) groups excluding carboxylic acids is 2. The first-order valence-corrected chi connectivity index (χ1v) is 9.36. The highest BCUT2D eigenvalue weighted by Crippen LogP contribution is 2.44. The van der Waals surface area contributed by atoms with E-state index in [2.05, 4.69) is 0 Å². The van der Waals surface area contributed by atoms with Crippen molar-refractivity contribution in [3.05, 3.63) is 69.3 Å². The van der Waals surface area contributed by atoms with Gasteiger partial charge in [-0.3, -0.25) is 19.7 Å². The van der Waals surface area contributed by atoms with Crippen LogP contribution in [0.4, 0.5) is 10.1 Å². The van der Waals surface area contributed by atoms with Gasteiger partial charge in [0.05, 0.1) is 4.92 Å². The molecule has 10 heteroatoms. The Morgan fingerprint density at radius 3 is 2.58 bits per heavy atom. The number of aliphatic hydroxyl groups is 1. The lowest BCUT2D eigenvalue weighted by Crippen LogP contribution is -2.54. The molecule has 1 heterocycles. The fraction of sp³-hybridized carbons (Fsp3) is 0.333. The number of amides is 1. The SMILES string of the molecule is CC(=O)c1ccc2c(c1)[C@@H](N(OCF)C(=O)c1ccccc1[N+](=O)[O-])[C@H](O)C(C)(C)O2. The molecule has 1 aliphatic rings. The second-order valence-corrected chi connectivity index (χ2v) is 7.55. The maximum Gasteiger partial charge on any atom is 0.285 e. The maximum atomic E-state index is 13.3. The van der Waals surface area contributed by atoms with E-state index in [0.29, 0.717) is 5.06 Å². The summed E-state index contributed by atoms with van der Waals surface area (Å²) in [4.78, 5) is 40.7. The molecule has 31 heavy (non-hydrogen) atoms. The molecule has 1 aliphatic heterocycles. The molecule has 2 aromatic rings. The van der Waals surface area contributed by atoms with Gasteiger partial charge in [0.2, 0.25) is 6.86 Å². The Labute approximate surface area is 177 Å². The standard InChI is InChI=1S/C21H21FN2O7/c1-12(25)13-8-9-17-15(10-13)18(19(26)21(2,3)31-17)23(30-11-22)20(27)14-6-4-5-7-16(14)24(28)29/h4-10,18-19,26H,11H2,1-3H3/t18-,19+/m1/s1. The highest BCUT2D eigenvalue weighted by molar-refractivity contribution is 5.98. The Morgan fingerprint density at radius 2 is 1.97 bits per heavy atom. The van der Waals surface area contributed by atoms with Gasteiger partial charge in [-0.2, -0.15) is 0 Å². The molecule has 0 aliphatic carbocycles. The van der Waals surface area contributed by atoms with Crippen LogP contribution < -0.4 is 4.74 Å². The molecule has 0 radical (unpaired) electrons. The van der Waals surface area contributed by atoms with Crippen molar-refractivity contribution >= 4 is 17.4 Å². The van der Waals surface area contributed by atoms with Crippen molar-refractivity contribution in [2.24, 2.45) is 0 Å². The quantitative estimate of drug-likeness (QED) is 0.422. The predicted molar refractivity (Wildman–Crippen MR) is 106 cm³/mol. The minimum Gasteiger partial charge on any atom is -0.485 e. The minimum atomic E-state index is -1.43. The fourth-order valence-electron chi connectivity index (χ4n) is 3.49. The lowest BCUT2D eigenvalue weighted by Gasteiger charge is -2.45. The Morgan fingerprint density at radius 1 is 1.29 bits per heavy atom. The molecule has 0 unspecified atom stereocenters. The van der Waals surface area contributed by atoms with E-state index < -0.39 is 41.1 Å². The van der Waals surface area contributed by atoms with Crippen molar-refractivity contribution in [2.75, 3.05) is 6.86 Å². The molecular weight excluding hydrogens is 411 g/mol. The number of ketones is 1. The van der Waals surface area contributed by atoms with Crippen LogP contribution in [0.5, 0.6) is 5.75 Å². The number of nitro groups is 1. The molecule has 1 N–H and O–H groups in total. The van der Waals surface area contributed by atoms with Crippen LogP contribution in [0.25, 0.3) is 0 Å². The van der Waals surface area contributed by atoms with E-state index >= 15 is 0 Å². The minimum absolute atomic E-state index is 0.208. The molecule has 3 rings (SSSR count). The second kappa shape index (κ2) is 8.40. The van der Waals surface area contributed by atoms with Gasteiger partial charge in [0, 0.05) is 17.2 Å². The summed E-state index contributed by atoms with van der Waals surface area (Å²) < 4.78 is 19.1. The third kappa shape index (κ3) is 4.12. The van der Waals surface area contributed by atoms with Crippen molar-refractivity contribution < 1.29 is 33.6 Å². The van der Waals surface area contributed by atoms with E-state index in [4.69, 9.17) is 9.57 Å². The van der Waals surface area contributed by atoms with E-state index in [9.17, 15) is 29.2 Å². The van der Waals surface area contributed by atoms with Crippen molar-refractivity contribution in [2.45, 2.75) is 38.5 Å². The van der Waals surface area contributed by atoms with E-state index in [1.165, 1.54) is 43.3 Å². The number of aliphatic hydroxyl groups excluding tert-OH is 1. The summed E-state index contributed by atoms with van der Waals surface area (Å²) in [5.74, 6) is -1.04. The number of rotatable bonds is 6. The fourth-order valence-corrected chi connectivity index (χ4v) is 3.49. The first kappa shape index (κ1) is 22.3. The topological polar surface area (TPSA) is 119 Å². The van der Waals surface area contributed by atoms with Crippen LogP contribution >= 0.6 is 0 Å². The monoisotopic (exact) mass is 432 g/mol. The Kier molecular flexibility index (Phi) is 6.05. The Balaban J connectivity index is 2.18. The van der Waals surface area contributed by atoms with E-state index in [1.54, 1.807) is 13.8 Å². The number of ether oxygens (including phenoxy) is 1. The first-order chi connectivity index (χ1) is 14.6.